The van der Waals surface area contributed by atoms with Crippen LogP contribution in [0.4, 0.5) is 0 Å². The predicted molar refractivity (Wildman–Crippen MR) is 93.9 cm³/mol. The first-order valence-electron chi connectivity index (χ1n) is 7.96. The number of fused-ring (bicyclic) bond motifs is 1. The maximum atomic E-state index is 12.7. The zero-order valence-corrected chi connectivity index (χ0v) is 14.5. The first-order chi connectivity index (χ1) is 12.1. The van der Waals surface area contributed by atoms with E-state index in [2.05, 4.69) is 5.32 Å². The van der Waals surface area contributed by atoms with Crippen molar-refractivity contribution in [1.29, 1.82) is 0 Å². The summed E-state index contributed by atoms with van der Waals surface area (Å²) in [5.74, 6) is 0.116. The monoisotopic (exact) mass is 359 g/mol. The van der Waals surface area contributed by atoms with Gasteiger partial charge >= 0.3 is 5.97 Å². The Morgan fingerprint density at radius 1 is 1.28 bits per heavy atom. The summed E-state index contributed by atoms with van der Waals surface area (Å²) in [4.78, 5) is 24.4. The average Bonchev–Trinajstić information content (AvgIpc) is 3.09. The smallest absolute Gasteiger partial charge is 0.307 e. The molecule has 0 spiro atoms. The van der Waals surface area contributed by atoms with Crippen LogP contribution in [0.15, 0.2) is 42.5 Å². The quantitative estimate of drug-likeness (QED) is 0.832. The van der Waals surface area contributed by atoms with Crippen molar-refractivity contribution in [2.75, 3.05) is 13.7 Å². The molecule has 0 saturated carbocycles. The molecule has 3 rings (SSSR count). The fourth-order valence-corrected chi connectivity index (χ4v) is 3.08. The number of rotatable bonds is 5. The zero-order chi connectivity index (χ0) is 17.8. The number of ether oxygens (including phenoxy) is 2. The highest BCUT2D eigenvalue weighted by molar-refractivity contribution is 6.31. The van der Waals surface area contributed by atoms with Crippen molar-refractivity contribution in [3.05, 3.63) is 64.2 Å². The Bertz CT molecular complexity index is 806. The number of benzene rings is 2. The largest absolute Gasteiger partial charge is 0.493 e. The van der Waals surface area contributed by atoms with E-state index in [9.17, 15) is 9.59 Å². The van der Waals surface area contributed by atoms with Crippen molar-refractivity contribution in [2.24, 2.45) is 0 Å². The van der Waals surface area contributed by atoms with Crippen molar-refractivity contribution >= 4 is 23.5 Å². The zero-order valence-electron chi connectivity index (χ0n) is 13.8. The average molecular weight is 360 g/mol. The fraction of sp³-hybridized carbons (Fsp3) is 0.263. The Kier molecular flexibility index (Phi) is 5.24. The van der Waals surface area contributed by atoms with Crippen LogP contribution in [0.25, 0.3) is 0 Å². The molecule has 0 bridgehead atoms. The lowest BCUT2D eigenvalue weighted by Gasteiger charge is -2.19. The normalized spacial score (nSPS) is 13.5. The lowest BCUT2D eigenvalue weighted by molar-refractivity contribution is -0.141. The van der Waals surface area contributed by atoms with E-state index < -0.39 is 12.0 Å². The molecule has 1 amide bonds. The molecule has 0 aromatic heterocycles. The SMILES string of the molecule is COC(=O)C[C@@H](NC(=O)c1ccc2c(c1)CCO2)c1ccccc1Cl. The number of nitrogens with one attached hydrogen (secondary N) is 1. The first-order valence-corrected chi connectivity index (χ1v) is 8.34. The van der Waals surface area contributed by atoms with Crippen LogP contribution in [0.3, 0.4) is 0 Å². The van der Waals surface area contributed by atoms with Gasteiger partial charge in [-0.25, -0.2) is 0 Å². The van der Waals surface area contributed by atoms with E-state index in [0.717, 1.165) is 17.7 Å². The molecule has 1 aliphatic heterocycles. The van der Waals surface area contributed by atoms with E-state index in [-0.39, 0.29) is 12.3 Å². The lowest BCUT2D eigenvalue weighted by Crippen LogP contribution is -2.30. The number of halogens is 1. The highest BCUT2D eigenvalue weighted by Gasteiger charge is 2.22. The first kappa shape index (κ1) is 17.3. The molecule has 0 radical (unpaired) electrons. The van der Waals surface area contributed by atoms with Gasteiger partial charge in [0, 0.05) is 17.0 Å². The second-order valence-corrected chi connectivity index (χ2v) is 6.16. The highest BCUT2D eigenvalue weighted by atomic mass is 35.5. The second-order valence-electron chi connectivity index (χ2n) is 5.75. The van der Waals surface area contributed by atoms with Crippen LogP contribution in [0.2, 0.25) is 5.02 Å². The molecule has 1 heterocycles. The Morgan fingerprint density at radius 3 is 2.84 bits per heavy atom. The van der Waals surface area contributed by atoms with Crippen LogP contribution in [-0.2, 0) is 16.0 Å². The maximum absolute atomic E-state index is 12.7. The molecule has 6 heteroatoms. The molecule has 2 aromatic carbocycles. The van der Waals surface area contributed by atoms with Crippen LogP contribution >= 0.6 is 11.6 Å². The van der Waals surface area contributed by atoms with Crippen molar-refractivity contribution in [2.45, 2.75) is 18.9 Å². The van der Waals surface area contributed by atoms with Gasteiger partial charge < -0.3 is 14.8 Å². The summed E-state index contributed by atoms with van der Waals surface area (Å²) in [6.45, 7) is 0.630. The number of hydrogen-bond donors (Lipinski definition) is 1. The van der Waals surface area contributed by atoms with Gasteiger partial charge in [0.25, 0.3) is 5.91 Å². The minimum absolute atomic E-state index is 0.0000250. The second kappa shape index (κ2) is 7.57. The molecular weight excluding hydrogens is 342 g/mol. The van der Waals surface area contributed by atoms with E-state index in [1.807, 2.05) is 12.1 Å². The summed E-state index contributed by atoms with van der Waals surface area (Å²) in [6.07, 6.45) is 0.784. The van der Waals surface area contributed by atoms with E-state index in [1.54, 1.807) is 30.3 Å². The Morgan fingerprint density at radius 2 is 2.08 bits per heavy atom. The van der Waals surface area contributed by atoms with Crippen LogP contribution in [0.5, 0.6) is 5.75 Å². The number of methoxy groups -OCH3 is 1. The van der Waals surface area contributed by atoms with Crippen LogP contribution in [0, 0.1) is 0 Å². The number of hydrogen-bond acceptors (Lipinski definition) is 4. The van der Waals surface area contributed by atoms with Gasteiger partial charge in [0.2, 0.25) is 0 Å². The molecule has 1 N–H and O–H groups in total. The molecule has 0 fully saturated rings. The van der Waals surface area contributed by atoms with Gasteiger partial charge in [0.05, 0.1) is 26.2 Å². The lowest BCUT2D eigenvalue weighted by atomic mass is 10.0. The summed E-state index contributed by atoms with van der Waals surface area (Å²) in [7, 11) is 1.31. The fourth-order valence-electron chi connectivity index (χ4n) is 2.82. The van der Waals surface area contributed by atoms with Crippen LogP contribution < -0.4 is 10.1 Å². The summed E-state index contributed by atoms with van der Waals surface area (Å²) >= 11 is 6.23. The molecule has 25 heavy (non-hydrogen) atoms. The van der Waals surface area contributed by atoms with Crippen molar-refractivity contribution in [3.63, 3.8) is 0 Å². The standard InChI is InChI=1S/C19H18ClNO4/c1-24-18(22)11-16(14-4-2-3-5-15(14)20)21-19(23)13-6-7-17-12(10-13)8-9-25-17/h2-7,10,16H,8-9,11H2,1H3,(H,21,23)/t16-/m1/s1. The minimum atomic E-state index is -0.571. The molecule has 2 aromatic rings. The Hall–Kier alpha value is -2.53. The van der Waals surface area contributed by atoms with E-state index >= 15 is 0 Å². The molecule has 0 aliphatic carbocycles. The summed E-state index contributed by atoms with van der Waals surface area (Å²) < 4.78 is 10.2. The number of carbonyl (C=O) groups excluding carboxylic acids is 2. The third-order valence-corrected chi connectivity index (χ3v) is 4.48. The van der Waals surface area contributed by atoms with Crippen molar-refractivity contribution < 1.29 is 19.1 Å². The highest BCUT2D eigenvalue weighted by Crippen LogP contribution is 2.28. The van der Waals surface area contributed by atoms with Gasteiger partial charge in [-0.3, -0.25) is 9.59 Å². The minimum Gasteiger partial charge on any atom is -0.493 e. The molecule has 1 aliphatic rings. The van der Waals surface area contributed by atoms with Gasteiger partial charge in [0.15, 0.2) is 0 Å². The molecule has 130 valence electrons. The van der Waals surface area contributed by atoms with Crippen molar-refractivity contribution in [3.8, 4) is 5.75 Å². The molecule has 0 unspecified atom stereocenters. The summed E-state index contributed by atoms with van der Waals surface area (Å²) in [5.41, 5.74) is 2.20. The van der Waals surface area contributed by atoms with E-state index in [1.165, 1.54) is 7.11 Å². The predicted octanol–water partition coefficient (Wildman–Crippen LogP) is 3.31. The number of carbonyl (C=O) groups is 2. The summed E-state index contributed by atoms with van der Waals surface area (Å²) in [5, 5.41) is 3.37. The number of amides is 1. The Balaban J connectivity index is 1.83. The van der Waals surface area contributed by atoms with Gasteiger partial charge in [0.1, 0.15) is 5.75 Å². The molecule has 1 atom stereocenters. The third-order valence-electron chi connectivity index (χ3n) is 4.14. The van der Waals surface area contributed by atoms with Crippen molar-refractivity contribution in [1.82, 2.24) is 5.32 Å². The van der Waals surface area contributed by atoms with Gasteiger partial charge in [-0.05, 0) is 35.4 Å². The van der Waals surface area contributed by atoms with Crippen LogP contribution in [0.1, 0.15) is 33.9 Å². The number of esters is 1. The third kappa shape index (κ3) is 3.94. The molecule has 0 saturated heterocycles. The van der Waals surface area contributed by atoms with Gasteiger partial charge in [-0.2, -0.15) is 0 Å². The maximum Gasteiger partial charge on any atom is 0.307 e. The summed E-state index contributed by atoms with van der Waals surface area (Å²) in [6, 6.07) is 11.9. The van der Waals surface area contributed by atoms with E-state index in [4.69, 9.17) is 21.1 Å². The van der Waals surface area contributed by atoms with Gasteiger partial charge in [-0.15, -0.1) is 0 Å². The van der Waals surface area contributed by atoms with Crippen LogP contribution in [-0.4, -0.2) is 25.6 Å². The van der Waals surface area contributed by atoms with Gasteiger partial charge in [-0.1, -0.05) is 29.8 Å². The molecular formula is C19H18ClNO4. The van der Waals surface area contributed by atoms with E-state index in [0.29, 0.717) is 22.8 Å². The topological polar surface area (TPSA) is 64.6 Å². The molecule has 5 nitrogen and oxygen atoms in total. The Labute approximate surface area is 150 Å².